The predicted molar refractivity (Wildman–Crippen MR) is 77.2 cm³/mol. The lowest BCUT2D eigenvalue weighted by Gasteiger charge is -2.11. The topological polar surface area (TPSA) is 78.4 Å². The lowest BCUT2D eigenvalue weighted by molar-refractivity contribution is -0.385. The highest BCUT2D eigenvalue weighted by Gasteiger charge is 2.17. The largest absolute Gasteiger partial charge is 0.454 e. The Hall–Kier alpha value is -2.18. The number of aryl methyl sites for hydroxylation is 1. The minimum atomic E-state index is -0.815. The molecular weight excluding hydrogens is 299 g/mol. The van der Waals surface area contributed by atoms with Crippen molar-refractivity contribution in [2.45, 2.75) is 13.5 Å². The first-order valence-electron chi connectivity index (χ1n) is 6.03. The number of hydrogen-bond acceptors (Lipinski definition) is 4. The van der Waals surface area contributed by atoms with E-state index in [1.54, 1.807) is 18.2 Å². The summed E-state index contributed by atoms with van der Waals surface area (Å²) in [7, 11) is 0. The summed E-state index contributed by atoms with van der Waals surface area (Å²) in [6.45, 7) is 1.68. The first kappa shape index (κ1) is 15.2. The maximum Gasteiger partial charge on any atom is 0.275 e. The Bertz CT molecular complexity index is 707. The van der Waals surface area contributed by atoms with E-state index in [1.807, 2.05) is 0 Å². The first-order valence-corrected chi connectivity index (χ1v) is 6.41. The molecule has 2 N–H and O–H groups in total. The second-order valence-electron chi connectivity index (χ2n) is 4.38. The van der Waals surface area contributed by atoms with E-state index in [1.165, 1.54) is 13.0 Å². The Morgan fingerprint density at radius 2 is 2.05 bits per heavy atom. The molecule has 0 fully saturated rings. The van der Waals surface area contributed by atoms with Crippen LogP contribution in [0.5, 0.6) is 11.5 Å². The van der Waals surface area contributed by atoms with Crippen molar-refractivity contribution in [3.05, 3.63) is 62.4 Å². The number of ether oxygens (including phenoxy) is 1. The third-order valence-electron chi connectivity index (χ3n) is 2.91. The number of rotatable bonds is 4. The number of halogens is 2. The second kappa shape index (κ2) is 6.07. The van der Waals surface area contributed by atoms with Crippen molar-refractivity contribution in [3.8, 4) is 11.5 Å². The van der Waals surface area contributed by atoms with Gasteiger partial charge >= 0.3 is 0 Å². The molecule has 2 rings (SSSR count). The number of nitro groups is 1. The predicted octanol–water partition coefficient (Wildman–Crippen LogP) is 3.95. The monoisotopic (exact) mass is 310 g/mol. The van der Waals surface area contributed by atoms with E-state index in [0.717, 1.165) is 6.07 Å². The summed E-state index contributed by atoms with van der Waals surface area (Å²) >= 11 is 5.85. The van der Waals surface area contributed by atoms with Gasteiger partial charge in [0.15, 0.2) is 11.6 Å². The summed E-state index contributed by atoms with van der Waals surface area (Å²) in [5, 5.41) is 11.2. The first-order chi connectivity index (χ1) is 9.92. The molecule has 0 spiro atoms. The van der Waals surface area contributed by atoms with Gasteiger partial charge in [-0.15, -0.1) is 0 Å². The van der Waals surface area contributed by atoms with Crippen LogP contribution in [0, 0.1) is 22.9 Å². The number of nitrogens with two attached hydrogens (primary N) is 1. The van der Waals surface area contributed by atoms with Crippen LogP contribution in [0.15, 0.2) is 30.3 Å². The maximum absolute atomic E-state index is 13.9. The number of nitrogens with zero attached hydrogens (tertiary/aromatic N) is 1. The van der Waals surface area contributed by atoms with Gasteiger partial charge in [-0.25, -0.2) is 4.39 Å². The lowest BCUT2D eigenvalue weighted by atomic mass is 10.1. The summed E-state index contributed by atoms with van der Waals surface area (Å²) in [5.74, 6) is -0.561. The van der Waals surface area contributed by atoms with Crippen LogP contribution < -0.4 is 10.5 Å². The van der Waals surface area contributed by atoms with Gasteiger partial charge in [0.05, 0.1) is 11.0 Å². The van der Waals surface area contributed by atoms with Gasteiger partial charge < -0.3 is 10.5 Å². The van der Waals surface area contributed by atoms with E-state index in [2.05, 4.69) is 0 Å². The van der Waals surface area contributed by atoms with E-state index in [0.29, 0.717) is 21.9 Å². The normalized spacial score (nSPS) is 10.5. The molecule has 2 aromatic carbocycles. The average Bonchev–Trinajstić information content (AvgIpc) is 2.43. The van der Waals surface area contributed by atoms with Gasteiger partial charge in [0.25, 0.3) is 5.69 Å². The Morgan fingerprint density at radius 1 is 1.33 bits per heavy atom. The standard InChI is InChI=1S/C14H12ClFN2O3/c1-8-4-14(11(16)6-12(8)18(19)20)21-13-3-2-10(15)5-9(13)7-17/h2-6H,7,17H2,1H3. The molecule has 7 heteroatoms. The van der Waals surface area contributed by atoms with Crippen LogP contribution in [0.3, 0.4) is 0 Å². The summed E-state index contributed by atoms with van der Waals surface area (Å²) in [4.78, 5) is 10.1. The van der Waals surface area contributed by atoms with Gasteiger partial charge in [0, 0.05) is 22.7 Å². The van der Waals surface area contributed by atoms with E-state index in [-0.39, 0.29) is 18.0 Å². The van der Waals surface area contributed by atoms with Gasteiger partial charge in [0.1, 0.15) is 5.75 Å². The molecular formula is C14H12ClFN2O3. The molecule has 0 aromatic heterocycles. The second-order valence-corrected chi connectivity index (χ2v) is 4.82. The van der Waals surface area contributed by atoms with Crippen molar-refractivity contribution in [1.82, 2.24) is 0 Å². The summed E-state index contributed by atoms with van der Waals surface area (Å²) in [5.41, 5.74) is 6.20. The highest BCUT2D eigenvalue weighted by molar-refractivity contribution is 6.30. The molecule has 0 aliphatic heterocycles. The van der Waals surface area contributed by atoms with Crippen molar-refractivity contribution in [2.24, 2.45) is 5.73 Å². The van der Waals surface area contributed by atoms with Crippen molar-refractivity contribution in [1.29, 1.82) is 0 Å². The fourth-order valence-corrected chi connectivity index (χ4v) is 2.04. The van der Waals surface area contributed by atoms with Crippen LogP contribution in [0.4, 0.5) is 10.1 Å². The molecule has 0 amide bonds. The zero-order valence-electron chi connectivity index (χ0n) is 11.1. The van der Waals surface area contributed by atoms with Crippen LogP contribution in [0.25, 0.3) is 0 Å². The average molecular weight is 311 g/mol. The molecule has 0 saturated carbocycles. The van der Waals surface area contributed by atoms with Gasteiger partial charge in [-0.2, -0.15) is 0 Å². The highest BCUT2D eigenvalue weighted by Crippen LogP contribution is 2.32. The SMILES string of the molecule is Cc1cc(Oc2ccc(Cl)cc2CN)c(F)cc1[N+](=O)[O-]. The molecule has 0 unspecified atom stereocenters. The van der Waals surface area contributed by atoms with E-state index >= 15 is 0 Å². The summed E-state index contributed by atoms with van der Waals surface area (Å²) < 4.78 is 19.4. The van der Waals surface area contributed by atoms with Crippen molar-refractivity contribution in [2.75, 3.05) is 0 Å². The molecule has 0 saturated heterocycles. The van der Waals surface area contributed by atoms with Crippen LogP contribution >= 0.6 is 11.6 Å². The van der Waals surface area contributed by atoms with Gasteiger partial charge in [-0.3, -0.25) is 10.1 Å². The quantitative estimate of drug-likeness (QED) is 0.685. The third kappa shape index (κ3) is 3.29. The number of nitro benzene ring substituents is 1. The van der Waals surface area contributed by atoms with Gasteiger partial charge in [-0.1, -0.05) is 11.6 Å². The minimum absolute atomic E-state index is 0.102. The lowest BCUT2D eigenvalue weighted by Crippen LogP contribution is -2.01. The maximum atomic E-state index is 13.9. The fourth-order valence-electron chi connectivity index (χ4n) is 1.85. The van der Waals surface area contributed by atoms with Crippen LogP contribution in [0.1, 0.15) is 11.1 Å². The van der Waals surface area contributed by atoms with E-state index in [9.17, 15) is 14.5 Å². The zero-order chi connectivity index (χ0) is 15.6. The Balaban J connectivity index is 2.41. The van der Waals surface area contributed by atoms with Crippen molar-refractivity contribution >= 4 is 17.3 Å². The summed E-state index contributed by atoms with van der Waals surface area (Å²) in [6.07, 6.45) is 0. The Labute approximate surface area is 125 Å². The van der Waals surface area contributed by atoms with Crippen LogP contribution in [-0.2, 0) is 6.54 Å². The van der Waals surface area contributed by atoms with Crippen molar-refractivity contribution < 1.29 is 14.1 Å². The van der Waals surface area contributed by atoms with Crippen LogP contribution in [0.2, 0.25) is 5.02 Å². The number of benzene rings is 2. The molecule has 0 bridgehead atoms. The van der Waals surface area contributed by atoms with E-state index in [4.69, 9.17) is 22.1 Å². The summed E-state index contributed by atoms with van der Waals surface area (Å²) in [6, 6.07) is 6.89. The molecule has 0 aliphatic rings. The molecule has 0 aliphatic carbocycles. The molecule has 0 radical (unpaired) electrons. The molecule has 0 atom stereocenters. The van der Waals surface area contributed by atoms with Gasteiger partial charge in [-0.05, 0) is 31.2 Å². The molecule has 0 heterocycles. The smallest absolute Gasteiger partial charge is 0.275 e. The Kier molecular flexibility index (Phi) is 4.40. The number of hydrogen-bond donors (Lipinski definition) is 1. The molecule has 2 aromatic rings. The van der Waals surface area contributed by atoms with Gasteiger partial charge in [0.2, 0.25) is 0 Å². The molecule has 21 heavy (non-hydrogen) atoms. The Morgan fingerprint density at radius 3 is 2.67 bits per heavy atom. The molecule has 5 nitrogen and oxygen atoms in total. The fraction of sp³-hybridized carbons (Fsp3) is 0.143. The zero-order valence-corrected chi connectivity index (χ0v) is 11.9. The minimum Gasteiger partial charge on any atom is -0.454 e. The van der Waals surface area contributed by atoms with E-state index < -0.39 is 10.7 Å². The molecule has 110 valence electrons. The van der Waals surface area contributed by atoms with Crippen molar-refractivity contribution in [3.63, 3.8) is 0 Å². The van der Waals surface area contributed by atoms with Crippen LogP contribution in [-0.4, -0.2) is 4.92 Å². The highest BCUT2D eigenvalue weighted by atomic mass is 35.5. The third-order valence-corrected chi connectivity index (χ3v) is 3.14.